The maximum atomic E-state index is 5.98. The third kappa shape index (κ3) is 3.12. The number of nitrogens with two attached hydrogens (primary N) is 1. The van der Waals surface area contributed by atoms with Crippen LogP contribution in [0.5, 0.6) is 0 Å². The van der Waals surface area contributed by atoms with Crippen LogP contribution in [-0.4, -0.2) is 24.0 Å². The minimum atomic E-state index is 0.402. The summed E-state index contributed by atoms with van der Waals surface area (Å²) in [5.74, 6) is 0. The van der Waals surface area contributed by atoms with E-state index in [0.29, 0.717) is 11.5 Å². The Balaban J connectivity index is 2.00. The Bertz CT molecular complexity index is 349. The first-order chi connectivity index (χ1) is 8.65. The second-order valence-corrected chi connectivity index (χ2v) is 6.04. The van der Waals surface area contributed by atoms with Crippen LogP contribution in [0.2, 0.25) is 0 Å². The molecule has 0 bridgehead atoms. The number of hydrogen-bond donors (Lipinski definition) is 1. The Morgan fingerprint density at radius 2 is 1.89 bits per heavy atom. The lowest BCUT2D eigenvalue weighted by Crippen LogP contribution is -2.48. The van der Waals surface area contributed by atoms with E-state index in [1.165, 1.54) is 24.8 Å². The van der Waals surface area contributed by atoms with E-state index in [1.54, 1.807) is 0 Å². The van der Waals surface area contributed by atoms with E-state index in [-0.39, 0.29) is 0 Å². The maximum absolute atomic E-state index is 5.98. The molecule has 0 saturated heterocycles. The highest BCUT2D eigenvalue weighted by atomic mass is 15.2. The van der Waals surface area contributed by atoms with Crippen LogP contribution in [0.15, 0.2) is 30.3 Å². The Morgan fingerprint density at radius 1 is 1.22 bits per heavy atom. The highest BCUT2D eigenvalue weighted by molar-refractivity contribution is 5.14. The fourth-order valence-corrected chi connectivity index (χ4v) is 2.77. The molecular weight excluding hydrogens is 220 g/mol. The predicted octanol–water partition coefficient (Wildman–Crippen LogP) is 3.03. The van der Waals surface area contributed by atoms with Gasteiger partial charge in [-0.15, -0.1) is 0 Å². The van der Waals surface area contributed by atoms with Gasteiger partial charge in [0.05, 0.1) is 0 Å². The van der Waals surface area contributed by atoms with Crippen molar-refractivity contribution >= 4 is 0 Å². The first-order valence-electron chi connectivity index (χ1n) is 7.13. The first-order valence-corrected chi connectivity index (χ1v) is 7.13. The Kier molecular flexibility index (Phi) is 4.41. The molecule has 1 aromatic rings. The summed E-state index contributed by atoms with van der Waals surface area (Å²) in [6, 6.07) is 11.3. The standard InChI is InChI=1S/C16H26N2/c1-14(2)18(11-15-7-4-3-5-8-15)13-16(12-17)9-6-10-16/h3-5,7-8,14H,6,9-13,17H2,1-2H3. The minimum absolute atomic E-state index is 0.402. The predicted molar refractivity (Wildman–Crippen MR) is 77.3 cm³/mol. The van der Waals surface area contributed by atoms with E-state index < -0.39 is 0 Å². The quantitative estimate of drug-likeness (QED) is 0.836. The average Bonchev–Trinajstić information content (AvgIpc) is 2.33. The van der Waals surface area contributed by atoms with Gasteiger partial charge in [0.2, 0.25) is 0 Å². The van der Waals surface area contributed by atoms with Crippen LogP contribution in [0.4, 0.5) is 0 Å². The van der Waals surface area contributed by atoms with Crippen molar-refractivity contribution in [2.45, 2.75) is 45.7 Å². The summed E-state index contributed by atoms with van der Waals surface area (Å²) in [5.41, 5.74) is 7.79. The molecule has 1 fully saturated rings. The molecule has 100 valence electrons. The van der Waals surface area contributed by atoms with Crippen molar-refractivity contribution in [1.82, 2.24) is 4.90 Å². The van der Waals surface area contributed by atoms with Gasteiger partial charge in [0.15, 0.2) is 0 Å². The number of hydrogen-bond acceptors (Lipinski definition) is 2. The molecule has 0 atom stereocenters. The SMILES string of the molecule is CC(C)N(Cc1ccccc1)CC1(CN)CCC1. The molecule has 0 aromatic heterocycles. The summed E-state index contributed by atoms with van der Waals surface area (Å²) in [7, 11) is 0. The van der Waals surface area contributed by atoms with Gasteiger partial charge in [0.1, 0.15) is 0 Å². The van der Waals surface area contributed by atoms with Gasteiger partial charge >= 0.3 is 0 Å². The highest BCUT2D eigenvalue weighted by Gasteiger charge is 2.37. The Labute approximate surface area is 111 Å². The zero-order chi connectivity index (χ0) is 13.0. The van der Waals surface area contributed by atoms with Crippen molar-refractivity contribution in [2.75, 3.05) is 13.1 Å². The maximum Gasteiger partial charge on any atom is 0.0236 e. The first kappa shape index (κ1) is 13.6. The second-order valence-electron chi connectivity index (χ2n) is 6.04. The summed E-state index contributed by atoms with van der Waals surface area (Å²) in [5, 5.41) is 0. The summed E-state index contributed by atoms with van der Waals surface area (Å²) in [6.07, 6.45) is 3.97. The minimum Gasteiger partial charge on any atom is -0.330 e. The van der Waals surface area contributed by atoms with E-state index >= 15 is 0 Å². The van der Waals surface area contributed by atoms with Crippen LogP contribution in [0.1, 0.15) is 38.7 Å². The highest BCUT2D eigenvalue weighted by Crippen LogP contribution is 2.41. The van der Waals surface area contributed by atoms with E-state index in [0.717, 1.165) is 19.6 Å². The zero-order valence-electron chi connectivity index (χ0n) is 11.7. The van der Waals surface area contributed by atoms with E-state index in [1.807, 2.05) is 0 Å². The lowest BCUT2D eigenvalue weighted by molar-refractivity contribution is 0.0544. The monoisotopic (exact) mass is 246 g/mol. The van der Waals surface area contributed by atoms with E-state index in [4.69, 9.17) is 5.73 Å². The summed E-state index contributed by atoms with van der Waals surface area (Å²) in [4.78, 5) is 2.57. The molecule has 0 spiro atoms. The molecule has 1 aliphatic carbocycles. The van der Waals surface area contributed by atoms with Crippen LogP contribution in [0.25, 0.3) is 0 Å². The third-order valence-corrected chi connectivity index (χ3v) is 4.34. The second kappa shape index (κ2) is 5.85. The lowest BCUT2D eigenvalue weighted by Gasteiger charge is -2.45. The van der Waals surface area contributed by atoms with Crippen molar-refractivity contribution in [2.24, 2.45) is 11.1 Å². The van der Waals surface area contributed by atoms with Crippen LogP contribution in [0, 0.1) is 5.41 Å². The van der Waals surface area contributed by atoms with Gasteiger partial charge in [0, 0.05) is 19.1 Å². The van der Waals surface area contributed by atoms with Gasteiger partial charge in [-0.3, -0.25) is 4.90 Å². The molecule has 0 heterocycles. The van der Waals surface area contributed by atoms with Crippen LogP contribution in [0.3, 0.4) is 0 Å². The van der Waals surface area contributed by atoms with Crippen molar-refractivity contribution in [1.29, 1.82) is 0 Å². The molecule has 2 N–H and O–H groups in total. The molecule has 0 unspecified atom stereocenters. The Hall–Kier alpha value is -0.860. The Morgan fingerprint density at radius 3 is 2.33 bits per heavy atom. The molecular formula is C16H26N2. The van der Waals surface area contributed by atoms with Crippen molar-refractivity contribution in [3.05, 3.63) is 35.9 Å². The molecule has 2 nitrogen and oxygen atoms in total. The molecule has 1 saturated carbocycles. The number of nitrogens with zero attached hydrogens (tertiary/aromatic N) is 1. The fraction of sp³-hybridized carbons (Fsp3) is 0.625. The van der Waals surface area contributed by atoms with Crippen LogP contribution < -0.4 is 5.73 Å². The molecule has 1 aliphatic rings. The smallest absolute Gasteiger partial charge is 0.0236 e. The molecule has 1 aromatic carbocycles. The molecule has 0 radical (unpaired) electrons. The van der Waals surface area contributed by atoms with Gasteiger partial charge in [-0.1, -0.05) is 36.8 Å². The van der Waals surface area contributed by atoms with Gasteiger partial charge in [-0.2, -0.15) is 0 Å². The van der Waals surface area contributed by atoms with Gasteiger partial charge in [-0.05, 0) is 44.2 Å². The third-order valence-electron chi connectivity index (χ3n) is 4.34. The van der Waals surface area contributed by atoms with Crippen molar-refractivity contribution in [3.63, 3.8) is 0 Å². The van der Waals surface area contributed by atoms with Crippen LogP contribution >= 0.6 is 0 Å². The molecule has 2 rings (SSSR count). The van der Waals surface area contributed by atoms with E-state index in [9.17, 15) is 0 Å². The molecule has 0 aliphatic heterocycles. The molecule has 0 amide bonds. The summed E-state index contributed by atoms with van der Waals surface area (Å²) in [6.45, 7) is 7.60. The van der Waals surface area contributed by atoms with E-state index in [2.05, 4.69) is 49.1 Å². The van der Waals surface area contributed by atoms with Crippen molar-refractivity contribution < 1.29 is 0 Å². The number of benzene rings is 1. The fourth-order valence-electron chi connectivity index (χ4n) is 2.77. The molecule has 2 heteroatoms. The molecule has 18 heavy (non-hydrogen) atoms. The average molecular weight is 246 g/mol. The topological polar surface area (TPSA) is 29.3 Å². The van der Waals surface area contributed by atoms with Gasteiger partial charge in [-0.25, -0.2) is 0 Å². The number of rotatable bonds is 6. The van der Waals surface area contributed by atoms with Crippen LogP contribution in [-0.2, 0) is 6.54 Å². The van der Waals surface area contributed by atoms with Crippen molar-refractivity contribution in [3.8, 4) is 0 Å². The summed E-state index contributed by atoms with van der Waals surface area (Å²) < 4.78 is 0. The normalized spacial score (nSPS) is 18.1. The van der Waals surface area contributed by atoms with Gasteiger partial charge < -0.3 is 5.73 Å². The summed E-state index contributed by atoms with van der Waals surface area (Å²) >= 11 is 0. The van der Waals surface area contributed by atoms with Gasteiger partial charge in [0.25, 0.3) is 0 Å². The largest absolute Gasteiger partial charge is 0.330 e. The lowest BCUT2D eigenvalue weighted by atomic mass is 9.68. The zero-order valence-corrected chi connectivity index (χ0v) is 11.7.